The Morgan fingerprint density at radius 1 is 1.09 bits per heavy atom. The van der Waals surface area contributed by atoms with Gasteiger partial charge in [0.05, 0.1) is 24.9 Å². The van der Waals surface area contributed by atoms with Crippen LogP contribution in [0.5, 0.6) is 0 Å². The van der Waals surface area contributed by atoms with Crippen LogP contribution in [0.2, 0.25) is 0 Å². The summed E-state index contributed by atoms with van der Waals surface area (Å²) < 4.78 is 53.4. The van der Waals surface area contributed by atoms with Gasteiger partial charge in [-0.05, 0) is 64.5 Å². The monoisotopic (exact) mass is 808 g/mol. The second-order valence-corrected chi connectivity index (χ2v) is 17.9. The lowest BCUT2D eigenvalue weighted by atomic mass is 10.1. The molecule has 1 aromatic rings. The number of hydrogen-bond donors (Lipinski definition) is 3. The number of nitrogens with zero attached hydrogens (tertiary/aromatic N) is 3. The number of carbonyl (C=O) groups excluding carboxylic acids is 6. The summed E-state index contributed by atoms with van der Waals surface area (Å²) in [6.07, 6.45) is 2.10. The van der Waals surface area contributed by atoms with Gasteiger partial charge in [-0.15, -0.1) is 11.6 Å². The number of ether oxygens (including phenoxy) is 2. The number of alkyl carbamates (subject to hydrolysis) is 1. The van der Waals surface area contributed by atoms with Gasteiger partial charge in [-0.2, -0.15) is 0 Å². The van der Waals surface area contributed by atoms with Crippen LogP contribution in [0.1, 0.15) is 70.4 Å². The van der Waals surface area contributed by atoms with Gasteiger partial charge in [0.15, 0.2) is 0 Å². The topological polar surface area (TPSA) is 201 Å². The highest BCUT2D eigenvalue weighted by atomic mass is 35.5. The summed E-state index contributed by atoms with van der Waals surface area (Å²) in [5.41, 5.74) is -1.65. The third-order valence-corrected chi connectivity index (χ3v) is 12.3. The first-order valence-electron chi connectivity index (χ1n) is 18.3. The van der Waals surface area contributed by atoms with Crippen LogP contribution < -0.4 is 15.4 Å². The van der Waals surface area contributed by atoms with Crippen molar-refractivity contribution in [1.29, 1.82) is 0 Å². The van der Waals surface area contributed by atoms with Crippen molar-refractivity contribution in [2.24, 2.45) is 5.92 Å². The van der Waals surface area contributed by atoms with Crippen LogP contribution in [-0.4, -0.2) is 119 Å². The molecule has 16 nitrogen and oxygen atoms in total. The molecular formula is C36H46ClFN6O10S. The molecule has 3 N–H and O–H groups in total. The molecule has 6 rings (SSSR count). The Morgan fingerprint density at radius 2 is 1.84 bits per heavy atom. The molecule has 3 heterocycles. The van der Waals surface area contributed by atoms with Crippen LogP contribution >= 0.6 is 11.6 Å². The van der Waals surface area contributed by atoms with Gasteiger partial charge >= 0.3 is 12.2 Å². The highest BCUT2D eigenvalue weighted by Crippen LogP contribution is 2.46. The van der Waals surface area contributed by atoms with E-state index in [2.05, 4.69) is 15.4 Å². The minimum Gasteiger partial charge on any atom is -0.444 e. The van der Waals surface area contributed by atoms with Crippen LogP contribution in [0.3, 0.4) is 0 Å². The molecule has 2 saturated carbocycles. The van der Waals surface area contributed by atoms with Crippen molar-refractivity contribution in [3.8, 4) is 0 Å². The normalized spacial score (nSPS) is 27.7. The van der Waals surface area contributed by atoms with Gasteiger partial charge < -0.3 is 29.9 Å². The second-order valence-electron chi connectivity index (χ2n) is 15.7. The number of hydrogen-bond acceptors (Lipinski definition) is 10. The standard InChI is InChI=1S/C36H46ClFN6O10S/c1-35(2,3)54-33(49)39-27-20-42(29(45)16-37)13-6-4-5-9-22-15-36(22,32(48)41-55(51,52)24-11-12-24)40-30(46)28-14-23(18-44(28)31(27)47)53-34(50)43-17-21-8-7-10-26(38)25(21)19-43/h5,7-10,22-24,27-28H,4,6,11-20H2,1-3H3,(H,39,49)(H,40,46)(H,41,48)/b9-5-/t22-,23-,27+,28?,36-/m1/s1. The van der Waals surface area contributed by atoms with Crippen LogP contribution in [0.4, 0.5) is 14.0 Å². The first-order chi connectivity index (χ1) is 25.9. The van der Waals surface area contributed by atoms with Gasteiger partial charge in [0, 0.05) is 31.0 Å². The Morgan fingerprint density at radius 3 is 2.51 bits per heavy atom. The minimum atomic E-state index is -3.98. The Kier molecular flexibility index (Phi) is 11.4. The lowest BCUT2D eigenvalue weighted by Gasteiger charge is -2.33. The SMILES string of the molecule is CC(C)(C)OC(=O)N[C@H]1CN(C(=O)CCl)CCC/C=C\[C@@H]2C[C@@]2(C(=O)NS(=O)(=O)C2CC2)NC(=O)C2C[C@@H](OC(=O)N3Cc4cccc(F)c4C3)CN2C1=O. The fourth-order valence-electron chi connectivity index (χ4n) is 7.19. The molecule has 1 unspecified atom stereocenters. The maximum absolute atomic E-state index is 14.6. The molecule has 2 aliphatic carbocycles. The average molecular weight is 809 g/mol. The molecule has 0 aromatic heterocycles. The Balaban J connectivity index is 1.31. The van der Waals surface area contributed by atoms with Crippen LogP contribution in [-0.2, 0) is 51.8 Å². The van der Waals surface area contributed by atoms with Gasteiger partial charge in [0.2, 0.25) is 27.7 Å². The average Bonchev–Trinajstić information content (AvgIpc) is 3.99. The maximum Gasteiger partial charge on any atom is 0.410 e. The van der Waals surface area contributed by atoms with E-state index in [1.807, 2.05) is 0 Å². The first-order valence-corrected chi connectivity index (χ1v) is 20.4. The molecule has 1 saturated heterocycles. The van der Waals surface area contributed by atoms with Crippen LogP contribution in [0.15, 0.2) is 30.4 Å². The molecule has 6 amide bonds. The number of allylic oxidation sites excluding steroid dienone is 1. The van der Waals surface area contributed by atoms with Gasteiger partial charge in [0.1, 0.15) is 41.0 Å². The molecule has 5 atom stereocenters. The molecule has 3 aliphatic heterocycles. The zero-order valence-corrected chi connectivity index (χ0v) is 32.4. The quantitative estimate of drug-likeness (QED) is 0.282. The third kappa shape index (κ3) is 9.17. The van der Waals surface area contributed by atoms with Gasteiger partial charge in [0.25, 0.3) is 5.91 Å². The lowest BCUT2D eigenvalue weighted by molar-refractivity contribution is -0.142. The van der Waals surface area contributed by atoms with Crippen molar-refractivity contribution in [1.82, 2.24) is 30.1 Å². The van der Waals surface area contributed by atoms with E-state index in [1.165, 1.54) is 21.9 Å². The Hall–Kier alpha value is -4.45. The van der Waals surface area contributed by atoms with E-state index < -0.39 is 98.0 Å². The molecule has 55 heavy (non-hydrogen) atoms. The van der Waals surface area contributed by atoms with Crippen molar-refractivity contribution in [3.63, 3.8) is 0 Å². The molecule has 19 heteroatoms. The molecule has 0 spiro atoms. The van der Waals surface area contributed by atoms with Crippen molar-refractivity contribution < 1.29 is 51.0 Å². The van der Waals surface area contributed by atoms with Gasteiger partial charge in [-0.1, -0.05) is 24.3 Å². The number of rotatable bonds is 6. The third-order valence-electron chi connectivity index (χ3n) is 10.3. The van der Waals surface area contributed by atoms with Crippen molar-refractivity contribution in [2.45, 2.75) is 107 Å². The summed E-state index contributed by atoms with van der Waals surface area (Å²) >= 11 is 5.94. The van der Waals surface area contributed by atoms with E-state index in [1.54, 1.807) is 39.0 Å². The summed E-state index contributed by atoms with van der Waals surface area (Å²) in [6, 6.07) is 1.68. The van der Waals surface area contributed by atoms with E-state index in [0.29, 0.717) is 36.8 Å². The number of sulfonamides is 1. The van der Waals surface area contributed by atoms with Gasteiger partial charge in [-0.25, -0.2) is 22.4 Å². The van der Waals surface area contributed by atoms with E-state index in [4.69, 9.17) is 21.1 Å². The maximum atomic E-state index is 14.6. The lowest BCUT2D eigenvalue weighted by Crippen LogP contribution is -2.60. The Bertz CT molecular complexity index is 1890. The smallest absolute Gasteiger partial charge is 0.410 e. The first kappa shape index (κ1) is 40.2. The number of halogens is 2. The molecule has 300 valence electrons. The van der Waals surface area contributed by atoms with E-state index in [0.717, 1.165) is 4.90 Å². The second kappa shape index (κ2) is 15.6. The van der Waals surface area contributed by atoms with Crippen LogP contribution in [0.25, 0.3) is 0 Å². The van der Waals surface area contributed by atoms with Crippen LogP contribution in [0, 0.1) is 11.7 Å². The largest absolute Gasteiger partial charge is 0.444 e. The summed E-state index contributed by atoms with van der Waals surface area (Å²) in [7, 11) is -3.98. The van der Waals surface area contributed by atoms with Gasteiger partial charge in [-0.3, -0.25) is 28.8 Å². The zero-order valence-electron chi connectivity index (χ0n) is 30.8. The molecular weight excluding hydrogens is 763 g/mol. The number of nitrogens with one attached hydrogen (secondary N) is 3. The fraction of sp³-hybridized carbons (Fsp3) is 0.611. The van der Waals surface area contributed by atoms with E-state index in [-0.39, 0.29) is 45.6 Å². The number of alkyl halides is 1. The van der Waals surface area contributed by atoms with Crippen molar-refractivity contribution in [2.75, 3.05) is 25.5 Å². The van der Waals surface area contributed by atoms with Crippen molar-refractivity contribution >= 4 is 57.4 Å². The van der Waals surface area contributed by atoms with E-state index >= 15 is 0 Å². The molecule has 0 radical (unpaired) electrons. The number of carbonyl (C=O) groups is 6. The summed E-state index contributed by atoms with van der Waals surface area (Å²) in [6.45, 7) is 4.37. The predicted molar refractivity (Wildman–Crippen MR) is 194 cm³/mol. The highest BCUT2D eigenvalue weighted by Gasteiger charge is 2.62. The number of amides is 6. The minimum absolute atomic E-state index is 0.0528. The van der Waals surface area contributed by atoms with Crippen molar-refractivity contribution in [3.05, 3.63) is 47.3 Å². The zero-order chi connectivity index (χ0) is 39.9. The predicted octanol–water partition coefficient (Wildman–Crippen LogP) is 2.04. The molecule has 0 bridgehead atoms. The summed E-state index contributed by atoms with van der Waals surface area (Å²) in [5, 5.41) is 4.57. The number of fused-ring (bicyclic) bond motifs is 3. The molecule has 1 aromatic carbocycles. The fourth-order valence-corrected chi connectivity index (χ4v) is 8.72. The Labute approximate surface area is 323 Å². The molecule has 5 aliphatic rings. The molecule has 3 fully saturated rings. The van der Waals surface area contributed by atoms with E-state index in [9.17, 15) is 41.6 Å². The summed E-state index contributed by atoms with van der Waals surface area (Å²) in [4.78, 5) is 85.8. The number of benzene rings is 1. The summed E-state index contributed by atoms with van der Waals surface area (Å²) in [5.74, 6) is -4.53. The highest BCUT2D eigenvalue weighted by molar-refractivity contribution is 7.91.